The Balaban J connectivity index is 1.15. The predicted molar refractivity (Wildman–Crippen MR) is 148 cm³/mol. The fraction of sp³-hybridized carbons (Fsp3) is 0.448. The monoisotopic (exact) mass is 540 g/mol. The largest absolute Gasteiger partial charge is 0.433 e. The Morgan fingerprint density at radius 3 is 2.36 bits per heavy atom. The maximum atomic E-state index is 13.5. The predicted octanol–water partition coefficient (Wildman–Crippen LogP) is 4.82. The first kappa shape index (κ1) is 27.1. The van der Waals surface area contributed by atoms with E-state index in [1.165, 1.54) is 11.8 Å². The number of hydrogen-bond acceptors (Lipinski definition) is 5. The van der Waals surface area contributed by atoms with E-state index in [0.29, 0.717) is 37.4 Å². The molecule has 2 saturated heterocycles. The molecule has 2 aliphatic heterocycles. The van der Waals surface area contributed by atoms with Crippen LogP contribution in [-0.2, 0) is 6.18 Å². The minimum absolute atomic E-state index is 0.216. The molecule has 2 aliphatic rings. The van der Waals surface area contributed by atoms with E-state index >= 15 is 0 Å². The van der Waals surface area contributed by atoms with Gasteiger partial charge in [0.15, 0.2) is 0 Å². The molecule has 39 heavy (non-hydrogen) atoms. The highest BCUT2D eigenvalue weighted by Crippen LogP contribution is 2.35. The summed E-state index contributed by atoms with van der Waals surface area (Å²) in [7, 11) is 0. The number of rotatable bonds is 7. The fourth-order valence-electron chi connectivity index (χ4n) is 5.75. The molecule has 1 aromatic heterocycles. The number of primary amides is 1. The van der Waals surface area contributed by atoms with E-state index in [9.17, 15) is 18.0 Å². The maximum Gasteiger partial charge on any atom is 0.433 e. The van der Waals surface area contributed by atoms with Crippen LogP contribution in [0.25, 0.3) is 10.9 Å². The number of aromatic nitrogens is 1. The third-order valence-electron chi connectivity index (χ3n) is 7.84. The van der Waals surface area contributed by atoms with Crippen molar-refractivity contribution in [3.8, 4) is 0 Å². The number of halogens is 3. The SMILES string of the molecule is NC(=O)N1CCN(c2ccccc2)C(CCCCN2CCN(c3cc(C(F)(F)F)nc4ccccc34)CC2)C1. The van der Waals surface area contributed by atoms with E-state index < -0.39 is 11.9 Å². The number of nitrogens with two attached hydrogens (primary N) is 1. The van der Waals surface area contributed by atoms with Crippen LogP contribution < -0.4 is 15.5 Å². The van der Waals surface area contributed by atoms with Crippen LogP contribution in [0.1, 0.15) is 25.0 Å². The summed E-state index contributed by atoms with van der Waals surface area (Å²) in [6, 6.07) is 18.4. The van der Waals surface area contributed by atoms with Crippen molar-refractivity contribution in [1.82, 2.24) is 14.8 Å². The van der Waals surface area contributed by atoms with Crippen LogP contribution >= 0.6 is 0 Å². The summed E-state index contributed by atoms with van der Waals surface area (Å²) >= 11 is 0. The standard InChI is InChI=1S/C29H35F3N6O/c30-29(31,32)27-20-26(24-11-4-5-12-25(24)34-27)36-16-14-35(15-17-36)13-7-6-10-23-21-37(28(33)39)18-19-38(23)22-8-2-1-3-9-22/h1-5,8-9,11-12,20,23H,6-7,10,13-19,21H2,(H2,33,39). The van der Waals surface area contributed by atoms with Gasteiger partial charge in [0.1, 0.15) is 5.69 Å². The number of fused-ring (bicyclic) bond motifs is 1. The molecule has 2 N–H and O–H groups in total. The molecule has 0 spiro atoms. The van der Waals surface area contributed by atoms with E-state index in [-0.39, 0.29) is 12.1 Å². The van der Waals surface area contributed by atoms with E-state index in [4.69, 9.17) is 5.73 Å². The van der Waals surface area contributed by atoms with Crippen molar-refractivity contribution in [2.24, 2.45) is 5.73 Å². The van der Waals surface area contributed by atoms with Crippen LogP contribution in [0.3, 0.4) is 0 Å². The van der Waals surface area contributed by atoms with Crippen molar-refractivity contribution >= 4 is 28.3 Å². The Kier molecular flexibility index (Phi) is 8.11. The Morgan fingerprint density at radius 1 is 0.923 bits per heavy atom. The van der Waals surface area contributed by atoms with Gasteiger partial charge in [-0.15, -0.1) is 0 Å². The average Bonchev–Trinajstić information content (AvgIpc) is 2.95. The molecule has 0 bridgehead atoms. The molecule has 0 aliphatic carbocycles. The normalized spacial score (nSPS) is 19.1. The van der Waals surface area contributed by atoms with Gasteiger partial charge in [0.05, 0.1) is 5.52 Å². The second-order valence-corrected chi connectivity index (χ2v) is 10.3. The number of piperazine rings is 2. The molecule has 7 nitrogen and oxygen atoms in total. The summed E-state index contributed by atoms with van der Waals surface area (Å²) in [4.78, 5) is 24.2. The molecule has 3 aromatic rings. The number of unbranched alkanes of at least 4 members (excludes halogenated alkanes) is 1. The summed E-state index contributed by atoms with van der Waals surface area (Å²) < 4.78 is 40.5. The molecular formula is C29H35F3N6O. The van der Waals surface area contributed by atoms with Gasteiger partial charge in [-0.3, -0.25) is 4.90 Å². The van der Waals surface area contributed by atoms with Crippen LogP contribution in [0, 0.1) is 0 Å². The average molecular weight is 541 g/mol. The molecule has 208 valence electrons. The number of benzene rings is 2. The van der Waals surface area contributed by atoms with E-state index in [1.54, 1.807) is 17.0 Å². The van der Waals surface area contributed by atoms with Gasteiger partial charge in [-0.2, -0.15) is 13.2 Å². The van der Waals surface area contributed by atoms with E-state index in [2.05, 4.69) is 26.9 Å². The molecule has 3 heterocycles. The number of alkyl halides is 3. The Bertz CT molecular complexity index is 1260. The highest BCUT2D eigenvalue weighted by Gasteiger charge is 2.34. The molecular weight excluding hydrogens is 505 g/mol. The molecule has 5 rings (SSSR count). The quantitative estimate of drug-likeness (QED) is 0.436. The van der Waals surface area contributed by atoms with Gasteiger partial charge in [0, 0.05) is 68.6 Å². The van der Waals surface area contributed by atoms with Crippen LogP contribution in [0.5, 0.6) is 0 Å². The van der Waals surface area contributed by atoms with Crippen molar-refractivity contribution < 1.29 is 18.0 Å². The Labute approximate surface area is 227 Å². The van der Waals surface area contributed by atoms with Crippen molar-refractivity contribution in [2.45, 2.75) is 31.5 Å². The van der Waals surface area contributed by atoms with Gasteiger partial charge in [0.2, 0.25) is 0 Å². The number of nitrogens with zero attached hydrogens (tertiary/aromatic N) is 5. The fourth-order valence-corrected chi connectivity index (χ4v) is 5.75. The molecule has 0 radical (unpaired) electrons. The lowest BCUT2D eigenvalue weighted by Crippen LogP contribution is -2.56. The van der Waals surface area contributed by atoms with E-state index in [0.717, 1.165) is 50.8 Å². The van der Waals surface area contributed by atoms with E-state index in [1.807, 2.05) is 35.2 Å². The maximum absolute atomic E-state index is 13.5. The van der Waals surface area contributed by atoms with Gasteiger partial charge in [-0.1, -0.05) is 42.8 Å². The second kappa shape index (κ2) is 11.7. The third-order valence-corrected chi connectivity index (χ3v) is 7.84. The lowest BCUT2D eigenvalue weighted by atomic mass is 10.0. The molecule has 1 atom stereocenters. The van der Waals surface area contributed by atoms with Crippen LogP contribution in [0.15, 0.2) is 60.7 Å². The van der Waals surface area contributed by atoms with Crippen LogP contribution in [0.2, 0.25) is 0 Å². The van der Waals surface area contributed by atoms with Crippen LogP contribution in [0.4, 0.5) is 29.3 Å². The minimum Gasteiger partial charge on any atom is -0.368 e. The van der Waals surface area contributed by atoms with Crippen molar-refractivity contribution in [3.05, 3.63) is 66.4 Å². The van der Waals surface area contributed by atoms with Crippen LogP contribution in [-0.4, -0.2) is 79.2 Å². The molecule has 2 amide bonds. The molecule has 10 heteroatoms. The summed E-state index contributed by atoms with van der Waals surface area (Å²) in [6.45, 7) is 5.90. The van der Waals surface area contributed by atoms with Gasteiger partial charge >= 0.3 is 12.2 Å². The number of pyridine rings is 1. The highest BCUT2D eigenvalue weighted by molar-refractivity contribution is 5.92. The summed E-state index contributed by atoms with van der Waals surface area (Å²) in [5.74, 6) is 0. The summed E-state index contributed by atoms with van der Waals surface area (Å²) in [5, 5.41) is 0.749. The highest BCUT2D eigenvalue weighted by atomic mass is 19.4. The minimum atomic E-state index is -4.48. The number of urea groups is 1. The Morgan fingerprint density at radius 2 is 1.64 bits per heavy atom. The van der Waals surface area contributed by atoms with Crippen molar-refractivity contribution in [1.29, 1.82) is 0 Å². The first-order chi connectivity index (χ1) is 18.8. The summed E-state index contributed by atoms with van der Waals surface area (Å²) in [6.07, 6.45) is -1.48. The lowest BCUT2D eigenvalue weighted by molar-refractivity contribution is -0.140. The third kappa shape index (κ3) is 6.38. The smallest absolute Gasteiger partial charge is 0.368 e. The number of hydrogen-bond donors (Lipinski definition) is 1. The van der Waals surface area contributed by atoms with Crippen molar-refractivity contribution in [2.75, 3.05) is 62.2 Å². The first-order valence-electron chi connectivity index (χ1n) is 13.6. The number of amides is 2. The number of carbonyl (C=O) groups excluding carboxylic acids is 1. The van der Waals surface area contributed by atoms with Gasteiger partial charge in [-0.25, -0.2) is 9.78 Å². The summed E-state index contributed by atoms with van der Waals surface area (Å²) in [5.41, 5.74) is 6.87. The zero-order chi connectivity index (χ0) is 27.4. The van der Waals surface area contributed by atoms with Gasteiger partial charge in [0.25, 0.3) is 0 Å². The molecule has 2 fully saturated rings. The molecule has 1 unspecified atom stereocenters. The van der Waals surface area contributed by atoms with Gasteiger partial charge in [-0.05, 0) is 43.7 Å². The van der Waals surface area contributed by atoms with Gasteiger partial charge < -0.3 is 20.4 Å². The topological polar surface area (TPSA) is 68.9 Å². The zero-order valence-electron chi connectivity index (χ0n) is 22.0. The second-order valence-electron chi connectivity index (χ2n) is 10.3. The number of para-hydroxylation sites is 2. The lowest BCUT2D eigenvalue weighted by Gasteiger charge is -2.42. The molecule has 2 aromatic carbocycles. The first-order valence-corrected chi connectivity index (χ1v) is 13.6. The number of carbonyl (C=O) groups is 1. The zero-order valence-corrected chi connectivity index (χ0v) is 22.0. The van der Waals surface area contributed by atoms with Crippen molar-refractivity contribution in [3.63, 3.8) is 0 Å². The Hall–Kier alpha value is -3.53. The molecule has 0 saturated carbocycles. The number of anilines is 2.